The normalized spacial score (nSPS) is 24.2. The van der Waals surface area contributed by atoms with Gasteiger partial charge >= 0.3 is 13.1 Å². The van der Waals surface area contributed by atoms with Crippen LogP contribution in [0.15, 0.2) is 24.3 Å². The number of rotatable bonds is 2. The first kappa shape index (κ1) is 17.3. The van der Waals surface area contributed by atoms with Crippen LogP contribution in [0.4, 0.5) is 10.5 Å². The predicted molar refractivity (Wildman–Crippen MR) is 93.4 cm³/mol. The fraction of sp³-hybridized carbons (Fsp3) is 0.588. The van der Waals surface area contributed by atoms with Crippen LogP contribution in [0.5, 0.6) is 0 Å². The van der Waals surface area contributed by atoms with E-state index in [1.54, 1.807) is 4.90 Å². The second-order valence-electron chi connectivity index (χ2n) is 7.11. The minimum atomic E-state index is -0.419. The monoisotopic (exact) mass is 332 g/mol. The van der Waals surface area contributed by atoms with Crippen LogP contribution >= 0.6 is 0 Å². The molecule has 2 heterocycles. The van der Waals surface area contributed by atoms with Crippen molar-refractivity contribution in [3.63, 3.8) is 0 Å². The molecule has 2 saturated heterocycles. The number of benzene rings is 1. The van der Waals surface area contributed by atoms with E-state index in [4.69, 9.17) is 9.31 Å². The van der Waals surface area contributed by atoms with Crippen molar-refractivity contribution in [3.8, 4) is 0 Å². The molecule has 2 amide bonds. The van der Waals surface area contributed by atoms with E-state index in [0.717, 1.165) is 5.46 Å². The number of carbonyl (C=O) groups excluding carboxylic acids is 1. The molecule has 6 nitrogen and oxygen atoms in total. The number of urea groups is 1. The van der Waals surface area contributed by atoms with Gasteiger partial charge in [-0.05, 0) is 51.2 Å². The van der Waals surface area contributed by atoms with Gasteiger partial charge in [0, 0.05) is 18.8 Å². The Hall–Kier alpha value is -1.57. The molecule has 1 aromatic rings. The number of hydrogen-bond donors (Lipinski definition) is 2. The lowest BCUT2D eigenvalue weighted by atomic mass is 9.79. The van der Waals surface area contributed by atoms with Gasteiger partial charge in [-0.3, -0.25) is 0 Å². The highest BCUT2D eigenvalue weighted by Crippen LogP contribution is 2.27. The summed E-state index contributed by atoms with van der Waals surface area (Å²) in [5, 5.41) is 12.5. The van der Waals surface area contributed by atoms with Crippen molar-refractivity contribution in [2.24, 2.45) is 0 Å². The third-order valence-corrected chi connectivity index (χ3v) is 4.88. The fourth-order valence-electron chi connectivity index (χ4n) is 2.93. The quantitative estimate of drug-likeness (QED) is 0.807. The molecule has 0 aliphatic carbocycles. The van der Waals surface area contributed by atoms with Gasteiger partial charge in [-0.1, -0.05) is 12.1 Å². The number of carbonyl (C=O) groups is 1. The maximum atomic E-state index is 12.3. The number of aliphatic hydroxyl groups excluding tert-OH is 1. The first-order chi connectivity index (χ1) is 11.3. The number of hydrogen-bond acceptors (Lipinski definition) is 4. The highest BCUT2D eigenvalue weighted by Gasteiger charge is 2.43. The number of nitrogens with one attached hydrogen (secondary N) is 1. The van der Waals surface area contributed by atoms with Crippen molar-refractivity contribution in [1.82, 2.24) is 4.90 Å². The van der Waals surface area contributed by atoms with E-state index < -0.39 is 7.12 Å². The molecule has 130 valence electrons. The molecule has 2 aliphatic heterocycles. The van der Waals surface area contributed by atoms with E-state index in [-0.39, 0.29) is 23.8 Å². The number of anilines is 1. The van der Waals surface area contributed by atoms with Crippen molar-refractivity contribution in [1.29, 1.82) is 0 Å². The van der Waals surface area contributed by atoms with E-state index in [1.165, 1.54) is 0 Å². The Balaban J connectivity index is 1.64. The number of aliphatic hydroxyl groups is 1. The lowest BCUT2D eigenvalue weighted by Crippen LogP contribution is -2.42. The van der Waals surface area contributed by atoms with Crippen molar-refractivity contribution >= 4 is 24.3 Å². The van der Waals surface area contributed by atoms with Crippen LogP contribution in [0.1, 0.15) is 33.6 Å². The van der Waals surface area contributed by atoms with E-state index in [1.807, 2.05) is 45.0 Å². The predicted octanol–water partition coefficient (Wildman–Crippen LogP) is 1.58. The van der Waals surface area contributed by atoms with E-state index >= 15 is 0 Å². The zero-order valence-corrected chi connectivity index (χ0v) is 14.5. The Morgan fingerprint density at radius 1 is 1.38 bits per heavy atom. The highest BCUT2D eigenvalue weighted by atomic mass is 16.7. The molecular formula is C17H25BN2O4. The number of piperidine rings is 1. The summed E-state index contributed by atoms with van der Waals surface area (Å²) in [5.41, 5.74) is 1.27. The van der Waals surface area contributed by atoms with E-state index in [2.05, 4.69) is 5.32 Å². The minimum Gasteiger partial charge on any atom is -0.402 e. The zero-order chi connectivity index (χ0) is 17.3. The molecule has 2 fully saturated rings. The molecule has 1 atom stereocenters. The van der Waals surface area contributed by atoms with Gasteiger partial charge < -0.3 is 24.6 Å². The average Bonchev–Trinajstić information content (AvgIpc) is 2.82. The summed E-state index contributed by atoms with van der Waals surface area (Å²) in [6, 6.07) is 7.42. The summed E-state index contributed by atoms with van der Waals surface area (Å²) >= 11 is 0. The summed E-state index contributed by atoms with van der Waals surface area (Å²) in [6.45, 7) is 7.17. The highest BCUT2D eigenvalue weighted by molar-refractivity contribution is 6.62. The van der Waals surface area contributed by atoms with Gasteiger partial charge in [0.15, 0.2) is 0 Å². The Kier molecular flexibility index (Phi) is 4.85. The molecule has 0 bridgehead atoms. The first-order valence-electron chi connectivity index (χ1n) is 8.52. The minimum absolute atomic E-state index is 0.000486. The Bertz CT molecular complexity index is 602. The first-order valence-corrected chi connectivity index (χ1v) is 8.52. The molecular weight excluding hydrogens is 307 g/mol. The average molecular weight is 332 g/mol. The van der Waals surface area contributed by atoms with Gasteiger partial charge in [0.1, 0.15) is 0 Å². The lowest BCUT2D eigenvalue weighted by Gasteiger charge is -2.29. The van der Waals surface area contributed by atoms with Gasteiger partial charge in [-0.25, -0.2) is 4.79 Å². The molecule has 0 unspecified atom stereocenters. The van der Waals surface area contributed by atoms with Crippen LogP contribution in [-0.4, -0.2) is 54.1 Å². The van der Waals surface area contributed by atoms with Crippen LogP contribution in [0.25, 0.3) is 0 Å². The molecule has 0 radical (unpaired) electrons. The Labute approximate surface area is 143 Å². The van der Waals surface area contributed by atoms with Crippen molar-refractivity contribution < 1.29 is 19.2 Å². The summed E-state index contributed by atoms with van der Waals surface area (Å²) in [6.07, 6.45) is 0.967. The van der Waals surface area contributed by atoms with Crippen molar-refractivity contribution in [3.05, 3.63) is 24.3 Å². The Morgan fingerprint density at radius 3 is 2.71 bits per heavy atom. The molecule has 7 heteroatoms. The van der Waals surface area contributed by atoms with Crippen LogP contribution in [0.3, 0.4) is 0 Å². The molecule has 2 aliphatic rings. The summed E-state index contributed by atoms with van der Waals surface area (Å²) < 4.78 is 11.8. The van der Waals surface area contributed by atoms with E-state index in [0.29, 0.717) is 31.6 Å². The third-order valence-electron chi connectivity index (χ3n) is 4.88. The summed E-state index contributed by atoms with van der Waals surface area (Å²) in [5.74, 6) is 0. The number of likely N-dealkylation sites (tertiary alicyclic amines) is 1. The molecule has 0 spiro atoms. The molecule has 0 saturated carbocycles. The molecule has 2 N–H and O–H groups in total. The van der Waals surface area contributed by atoms with Crippen molar-refractivity contribution in [2.45, 2.75) is 51.4 Å². The molecule has 3 rings (SSSR count). The maximum absolute atomic E-state index is 12.3. The second-order valence-corrected chi connectivity index (χ2v) is 7.11. The van der Waals surface area contributed by atoms with Crippen molar-refractivity contribution in [2.75, 3.05) is 18.4 Å². The summed E-state index contributed by atoms with van der Waals surface area (Å²) in [4.78, 5) is 14.1. The van der Waals surface area contributed by atoms with Gasteiger partial charge in [0.25, 0.3) is 0 Å². The molecule has 0 aromatic heterocycles. The van der Waals surface area contributed by atoms with Crippen LogP contribution in [0.2, 0.25) is 0 Å². The van der Waals surface area contributed by atoms with Crippen LogP contribution in [0, 0.1) is 0 Å². The van der Waals surface area contributed by atoms with Crippen LogP contribution in [-0.2, 0) is 9.31 Å². The number of amides is 2. The van der Waals surface area contributed by atoms with Gasteiger partial charge in [0.05, 0.1) is 17.8 Å². The SMILES string of the molecule is C[C@H]1OB(c2cccc(NC(=O)N3CCC(O)CC3)c2)OC1(C)C. The topological polar surface area (TPSA) is 71.0 Å². The number of nitrogens with zero attached hydrogens (tertiary/aromatic N) is 1. The molecule has 24 heavy (non-hydrogen) atoms. The Morgan fingerprint density at radius 2 is 2.08 bits per heavy atom. The summed E-state index contributed by atoms with van der Waals surface area (Å²) in [7, 11) is -0.419. The third kappa shape index (κ3) is 3.74. The van der Waals surface area contributed by atoms with Gasteiger partial charge in [-0.2, -0.15) is 0 Å². The molecule has 1 aromatic carbocycles. The second kappa shape index (κ2) is 6.74. The van der Waals surface area contributed by atoms with E-state index in [9.17, 15) is 9.90 Å². The van der Waals surface area contributed by atoms with Gasteiger partial charge in [0.2, 0.25) is 0 Å². The fourth-order valence-corrected chi connectivity index (χ4v) is 2.93. The zero-order valence-electron chi connectivity index (χ0n) is 14.5. The van der Waals surface area contributed by atoms with Gasteiger partial charge in [-0.15, -0.1) is 0 Å². The maximum Gasteiger partial charge on any atom is 0.494 e. The largest absolute Gasteiger partial charge is 0.494 e. The standard InChI is InChI=1S/C17H25BN2O4/c1-12-17(2,3)24-18(23-12)13-5-4-6-14(11-13)19-16(22)20-9-7-15(21)8-10-20/h4-6,11-12,15,21H,7-10H2,1-3H3,(H,19,22)/t12-/m1/s1. The lowest BCUT2D eigenvalue weighted by molar-refractivity contribution is 0.0842. The van der Waals surface area contributed by atoms with Crippen LogP contribution < -0.4 is 10.8 Å². The smallest absolute Gasteiger partial charge is 0.402 e.